The molecule has 5 nitrogen and oxygen atoms in total. The molecule has 3 N–H and O–H groups in total. The van der Waals surface area contributed by atoms with E-state index in [1.165, 1.54) is 0 Å². The van der Waals surface area contributed by atoms with Crippen molar-refractivity contribution in [2.75, 3.05) is 11.4 Å². The summed E-state index contributed by atoms with van der Waals surface area (Å²) in [6, 6.07) is 5.76. The second-order valence-corrected chi connectivity index (χ2v) is 5.15. The van der Waals surface area contributed by atoms with Crippen LogP contribution in [0.15, 0.2) is 24.3 Å². The number of carbonyl (C=O) groups is 2. The Morgan fingerprint density at radius 2 is 2.10 bits per heavy atom. The van der Waals surface area contributed by atoms with Gasteiger partial charge >= 0.3 is 5.97 Å². The second kappa shape index (κ2) is 7.26. The Morgan fingerprint density at radius 1 is 1.45 bits per heavy atom. The average molecular weight is 299 g/mol. The molecule has 0 saturated carbocycles. The summed E-state index contributed by atoms with van der Waals surface area (Å²) in [4.78, 5) is 24.5. The van der Waals surface area contributed by atoms with Gasteiger partial charge in [0.1, 0.15) is 6.54 Å². The quantitative estimate of drug-likeness (QED) is 0.842. The third-order valence-corrected chi connectivity index (χ3v) is 3.46. The van der Waals surface area contributed by atoms with Crippen LogP contribution in [-0.2, 0) is 9.59 Å². The number of nitrogens with two attached hydrogens (primary N) is 1. The Kier molecular flexibility index (Phi) is 5.98. The molecule has 6 heteroatoms. The van der Waals surface area contributed by atoms with Crippen LogP contribution in [-0.4, -0.2) is 29.6 Å². The fraction of sp³-hybridized carbons (Fsp3) is 0.429. The molecule has 0 heterocycles. The molecule has 0 spiro atoms. The van der Waals surface area contributed by atoms with Crippen molar-refractivity contribution in [3.63, 3.8) is 0 Å². The summed E-state index contributed by atoms with van der Waals surface area (Å²) >= 11 is 5.88. The smallest absolute Gasteiger partial charge is 0.323 e. The summed E-state index contributed by atoms with van der Waals surface area (Å²) in [6.45, 7) is 3.35. The summed E-state index contributed by atoms with van der Waals surface area (Å²) in [5.41, 5.74) is 6.34. The molecular weight excluding hydrogens is 280 g/mol. The molecule has 1 rings (SSSR count). The SMILES string of the molecule is CC[C@H](C)[C@H](N)C(=O)N(CC(=O)O)c1cccc(Cl)c1. The van der Waals surface area contributed by atoms with Crippen molar-refractivity contribution >= 4 is 29.2 Å². The van der Waals surface area contributed by atoms with Crippen molar-refractivity contribution in [1.29, 1.82) is 0 Å². The van der Waals surface area contributed by atoms with Crippen molar-refractivity contribution in [2.24, 2.45) is 11.7 Å². The van der Waals surface area contributed by atoms with Crippen LogP contribution in [0.25, 0.3) is 0 Å². The topological polar surface area (TPSA) is 83.6 Å². The molecule has 110 valence electrons. The summed E-state index contributed by atoms with van der Waals surface area (Å²) in [7, 11) is 0. The molecule has 0 aromatic heterocycles. The molecule has 1 amide bonds. The maximum absolute atomic E-state index is 12.4. The van der Waals surface area contributed by atoms with Gasteiger partial charge in [-0.1, -0.05) is 37.9 Å². The largest absolute Gasteiger partial charge is 0.480 e. The Labute approximate surface area is 123 Å². The molecule has 1 aromatic rings. The average Bonchev–Trinajstić information content (AvgIpc) is 2.42. The lowest BCUT2D eigenvalue weighted by Gasteiger charge is -2.27. The molecule has 0 unspecified atom stereocenters. The number of anilines is 1. The predicted octanol–water partition coefficient (Wildman–Crippen LogP) is 2.13. The van der Waals surface area contributed by atoms with E-state index in [0.29, 0.717) is 10.7 Å². The Hall–Kier alpha value is -1.59. The van der Waals surface area contributed by atoms with Gasteiger partial charge < -0.3 is 10.8 Å². The minimum atomic E-state index is -1.10. The number of carboxylic acid groups (broad SMARTS) is 1. The standard InChI is InChI=1S/C14H19ClN2O3/c1-3-9(2)13(16)14(20)17(8-12(18)19)11-6-4-5-10(15)7-11/h4-7,9,13H,3,8,16H2,1-2H3,(H,18,19)/t9-,13-/m0/s1. The number of amides is 1. The van der Waals surface area contributed by atoms with Gasteiger partial charge in [0.25, 0.3) is 0 Å². The molecule has 0 radical (unpaired) electrons. The Balaban J connectivity index is 3.06. The summed E-state index contributed by atoms with van der Waals surface area (Å²) in [5.74, 6) is -1.54. The van der Waals surface area contributed by atoms with Gasteiger partial charge in [0, 0.05) is 10.7 Å². The van der Waals surface area contributed by atoms with E-state index in [0.717, 1.165) is 11.3 Å². The first-order valence-electron chi connectivity index (χ1n) is 6.41. The minimum absolute atomic E-state index is 0.0296. The van der Waals surface area contributed by atoms with Crippen LogP contribution in [0, 0.1) is 5.92 Å². The number of aliphatic carboxylic acids is 1. The summed E-state index contributed by atoms with van der Waals surface area (Å²) < 4.78 is 0. The maximum atomic E-state index is 12.4. The Bertz CT molecular complexity index is 493. The highest BCUT2D eigenvalue weighted by molar-refractivity contribution is 6.31. The van der Waals surface area contributed by atoms with E-state index in [9.17, 15) is 9.59 Å². The third kappa shape index (κ3) is 4.21. The van der Waals surface area contributed by atoms with Crippen LogP contribution < -0.4 is 10.6 Å². The number of carbonyl (C=O) groups excluding carboxylic acids is 1. The first kappa shape index (κ1) is 16.5. The lowest BCUT2D eigenvalue weighted by atomic mass is 9.98. The zero-order chi connectivity index (χ0) is 15.3. The van der Waals surface area contributed by atoms with E-state index in [-0.39, 0.29) is 5.92 Å². The summed E-state index contributed by atoms with van der Waals surface area (Å²) in [5, 5.41) is 9.41. The number of nitrogens with zero attached hydrogens (tertiary/aromatic N) is 1. The van der Waals surface area contributed by atoms with Crippen molar-refractivity contribution in [1.82, 2.24) is 0 Å². The fourth-order valence-corrected chi connectivity index (χ4v) is 1.94. The number of benzene rings is 1. The molecular formula is C14H19ClN2O3. The van der Waals surface area contributed by atoms with Gasteiger partial charge in [-0.2, -0.15) is 0 Å². The molecule has 0 saturated heterocycles. The van der Waals surface area contributed by atoms with Crippen molar-refractivity contribution in [3.05, 3.63) is 29.3 Å². The highest BCUT2D eigenvalue weighted by Gasteiger charge is 2.27. The lowest BCUT2D eigenvalue weighted by Crippen LogP contribution is -2.49. The molecule has 2 atom stereocenters. The van der Waals surface area contributed by atoms with E-state index in [1.807, 2.05) is 13.8 Å². The first-order valence-corrected chi connectivity index (χ1v) is 6.79. The predicted molar refractivity (Wildman–Crippen MR) is 78.9 cm³/mol. The first-order chi connectivity index (χ1) is 9.36. The molecule has 0 aliphatic carbocycles. The number of halogens is 1. The van der Waals surface area contributed by atoms with Gasteiger partial charge in [-0.25, -0.2) is 0 Å². The van der Waals surface area contributed by atoms with E-state index in [2.05, 4.69) is 0 Å². The highest BCUT2D eigenvalue weighted by Crippen LogP contribution is 2.21. The minimum Gasteiger partial charge on any atom is -0.480 e. The normalized spacial score (nSPS) is 13.6. The van der Waals surface area contributed by atoms with Gasteiger partial charge in [0.05, 0.1) is 6.04 Å². The monoisotopic (exact) mass is 298 g/mol. The molecule has 0 fully saturated rings. The van der Waals surface area contributed by atoms with Gasteiger partial charge in [0.15, 0.2) is 0 Å². The maximum Gasteiger partial charge on any atom is 0.323 e. The van der Waals surface area contributed by atoms with Crippen molar-refractivity contribution < 1.29 is 14.7 Å². The molecule has 0 bridgehead atoms. The van der Waals surface area contributed by atoms with Crippen molar-refractivity contribution in [3.8, 4) is 0 Å². The van der Waals surface area contributed by atoms with Crippen LogP contribution in [0.1, 0.15) is 20.3 Å². The van der Waals surface area contributed by atoms with Crippen LogP contribution in [0.5, 0.6) is 0 Å². The zero-order valence-electron chi connectivity index (χ0n) is 11.5. The highest BCUT2D eigenvalue weighted by atomic mass is 35.5. The third-order valence-electron chi connectivity index (χ3n) is 3.22. The number of hydrogen-bond donors (Lipinski definition) is 2. The number of carboxylic acids is 1. The van der Waals surface area contributed by atoms with E-state index >= 15 is 0 Å². The van der Waals surface area contributed by atoms with Gasteiger partial charge in [-0.05, 0) is 24.1 Å². The van der Waals surface area contributed by atoms with Gasteiger partial charge in [-0.3, -0.25) is 14.5 Å². The molecule has 1 aromatic carbocycles. The molecule has 0 aliphatic rings. The molecule has 0 aliphatic heterocycles. The molecule has 20 heavy (non-hydrogen) atoms. The number of hydrogen-bond acceptors (Lipinski definition) is 3. The van der Waals surface area contributed by atoms with Crippen LogP contribution in [0.3, 0.4) is 0 Å². The zero-order valence-corrected chi connectivity index (χ0v) is 12.3. The van der Waals surface area contributed by atoms with Crippen LogP contribution in [0.2, 0.25) is 5.02 Å². The van der Waals surface area contributed by atoms with E-state index in [1.54, 1.807) is 24.3 Å². The fourth-order valence-electron chi connectivity index (χ4n) is 1.75. The summed E-state index contributed by atoms with van der Waals surface area (Å²) in [6.07, 6.45) is 0.739. The van der Waals surface area contributed by atoms with E-state index in [4.69, 9.17) is 22.4 Å². The van der Waals surface area contributed by atoms with Crippen LogP contribution >= 0.6 is 11.6 Å². The number of rotatable bonds is 6. The van der Waals surface area contributed by atoms with Crippen molar-refractivity contribution in [2.45, 2.75) is 26.3 Å². The second-order valence-electron chi connectivity index (χ2n) is 4.71. The van der Waals surface area contributed by atoms with E-state index < -0.39 is 24.5 Å². The van der Waals surface area contributed by atoms with Crippen LogP contribution in [0.4, 0.5) is 5.69 Å². The Morgan fingerprint density at radius 3 is 2.60 bits per heavy atom. The lowest BCUT2D eigenvalue weighted by molar-refractivity contribution is -0.137. The van der Waals surface area contributed by atoms with Gasteiger partial charge in [0.2, 0.25) is 5.91 Å². The van der Waals surface area contributed by atoms with Gasteiger partial charge in [-0.15, -0.1) is 0 Å².